The minimum absolute atomic E-state index is 0.177. The number of nitrogens with zero attached hydrogens (tertiary/aromatic N) is 1. The summed E-state index contributed by atoms with van der Waals surface area (Å²) in [7, 11) is 0. The Balaban J connectivity index is 1.87. The lowest BCUT2D eigenvalue weighted by Crippen LogP contribution is -2.31. The quantitative estimate of drug-likeness (QED) is 0.549. The van der Waals surface area contributed by atoms with Crippen molar-refractivity contribution in [1.82, 2.24) is 0 Å². The molecule has 1 fully saturated rings. The molecule has 2 aliphatic rings. The summed E-state index contributed by atoms with van der Waals surface area (Å²) in [5, 5.41) is 0.723. The predicted octanol–water partition coefficient (Wildman–Crippen LogP) is 6.16. The van der Waals surface area contributed by atoms with Gasteiger partial charge in [0.05, 0.1) is 16.3 Å². The molecular formula is C20H25BrClNO. The first kappa shape index (κ1) is 18.1. The highest BCUT2D eigenvalue weighted by molar-refractivity contribution is 9.10. The van der Waals surface area contributed by atoms with E-state index in [1.54, 1.807) is 0 Å². The van der Waals surface area contributed by atoms with Gasteiger partial charge in [-0.2, -0.15) is 0 Å². The van der Waals surface area contributed by atoms with E-state index >= 15 is 0 Å². The maximum atomic E-state index is 12.9. The normalized spacial score (nSPS) is 20.9. The zero-order valence-corrected chi connectivity index (χ0v) is 16.8. The number of benzene rings is 1. The van der Waals surface area contributed by atoms with Gasteiger partial charge in [-0.05, 0) is 66.7 Å². The van der Waals surface area contributed by atoms with Crippen molar-refractivity contribution >= 4 is 39.0 Å². The van der Waals surface area contributed by atoms with Gasteiger partial charge in [0, 0.05) is 22.4 Å². The van der Waals surface area contributed by atoms with E-state index in [4.69, 9.17) is 16.6 Å². The second-order valence-electron chi connectivity index (χ2n) is 7.80. The van der Waals surface area contributed by atoms with Crippen molar-refractivity contribution in [2.24, 2.45) is 10.9 Å². The van der Waals surface area contributed by atoms with Gasteiger partial charge >= 0.3 is 0 Å². The first-order valence-electron chi connectivity index (χ1n) is 8.95. The van der Waals surface area contributed by atoms with E-state index in [9.17, 15) is 4.79 Å². The van der Waals surface area contributed by atoms with Gasteiger partial charge in [-0.1, -0.05) is 37.3 Å². The summed E-state index contributed by atoms with van der Waals surface area (Å²) in [4.78, 5) is 17.8. The Morgan fingerprint density at radius 1 is 1.25 bits per heavy atom. The van der Waals surface area contributed by atoms with E-state index in [0.717, 1.165) is 40.0 Å². The lowest BCUT2D eigenvalue weighted by atomic mass is 9.84. The maximum absolute atomic E-state index is 12.9. The molecule has 2 nitrogen and oxygen atoms in total. The molecule has 0 aromatic heterocycles. The number of ketones is 1. The molecule has 0 saturated heterocycles. The van der Waals surface area contributed by atoms with Crippen molar-refractivity contribution in [3.8, 4) is 0 Å². The maximum Gasteiger partial charge on any atom is 0.141 e. The molecular weight excluding hydrogens is 386 g/mol. The van der Waals surface area contributed by atoms with Gasteiger partial charge in [0.25, 0.3) is 0 Å². The summed E-state index contributed by atoms with van der Waals surface area (Å²) in [6, 6.07) is 4.06. The fourth-order valence-corrected chi connectivity index (χ4v) is 4.51. The number of fused-ring (bicyclic) bond motifs is 1. The van der Waals surface area contributed by atoms with Crippen LogP contribution in [0.2, 0.25) is 5.02 Å². The Bertz CT molecular complexity index is 672. The van der Waals surface area contributed by atoms with Gasteiger partial charge in [0.1, 0.15) is 5.78 Å². The van der Waals surface area contributed by atoms with E-state index in [2.05, 4.69) is 29.8 Å². The zero-order chi connectivity index (χ0) is 17.3. The van der Waals surface area contributed by atoms with Crippen LogP contribution in [0.5, 0.6) is 0 Å². The third kappa shape index (κ3) is 4.11. The van der Waals surface area contributed by atoms with Gasteiger partial charge in [-0.3, -0.25) is 9.79 Å². The van der Waals surface area contributed by atoms with Crippen LogP contribution >= 0.6 is 27.5 Å². The van der Waals surface area contributed by atoms with Crippen molar-refractivity contribution in [2.45, 2.75) is 70.8 Å². The monoisotopic (exact) mass is 409 g/mol. The van der Waals surface area contributed by atoms with Crippen LogP contribution in [0.25, 0.3) is 0 Å². The highest BCUT2D eigenvalue weighted by atomic mass is 79.9. The van der Waals surface area contributed by atoms with Crippen LogP contribution in [0, 0.1) is 5.92 Å². The Morgan fingerprint density at radius 2 is 1.92 bits per heavy atom. The smallest absolute Gasteiger partial charge is 0.141 e. The number of hydrogen-bond acceptors (Lipinski definition) is 2. The largest absolute Gasteiger partial charge is 0.299 e. The van der Waals surface area contributed by atoms with Crippen LogP contribution in [0.1, 0.15) is 69.9 Å². The summed E-state index contributed by atoms with van der Waals surface area (Å²) in [5.41, 5.74) is 3.05. The van der Waals surface area contributed by atoms with Crippen molar-refractivity contribution < 1.29 is 4.79 Å². The molecule has 24 heavy (non-hydrogen) atoms. The average molecular weight is 411 g/mol. The van der Waals surface area contributed by atoms with E-state index < -0.39 is 0 Å². The molecule has 0 radical (unpaired) electrons. The predicted molar refractivity (Wildman–Crippen MR) is 104 cm³/mol. The van der Waals surface area contributed by atoms with Crippen molar-refractivity contribution in [3.05, 3.63) is 32.8 Å². The number of carbonyl (C=O) groups is 1. The summed E-state index contributed by atoms with van der Waals surface area (Å²) >= 11 is 9.79. The summed E-state index contributed by atoms with van der Waals surface area (Å²) in [6.45, 7) is 4.25. The molecule has 0 atom stereocenters. The highest BCUT2D eigenvalue weighted by Gasteiger charge is 2.30. The molecule has 3 rings (SSSR count). The van der Waals surface area contributed by atoms with Crippen LogP contribution in [-0.4, -0.2) is 17.0 Å². The number of rotatable bonds is 3. The van der Waals surface area contributed by atoms with Crippen LogP contribution in [0.4, 0.5) is 0 Å². The second-order valence-corrected chi connectivity index (χ2v) is 9.06. The first-order valence-corrected chi connectivity index (χ1v) is 10.1. The van der Waals surface area contributed by atoms with Crippen LogP contribution in [0.3, 0.4) is 0 Å². The van der Waals surface area contributed by atoms with Crippen LogP contribution in [0.15, 0.2) is 21.6 Å². The van der Waals surface area contributed by atoms with Gasteiger partial charge in [-0.25, -0.2) is 0 Å². The molecule has 4 heteroatoms. The highest BCUT2D eigenvalue weighted by Crippen LogP contribution is 2.34. The Hall–Kier alpha value is -0.670. The number of halogens is 2. The molecule has 1 aromatic rings. The summed E-state index contributed by atoms with van der Waals surface area (Å²) in [5.74, 6) is 0.588. The first-order chi connectivity index (χ1) is 11.4. The SMILES string of the molecule is CC1(C)Cc2cc(Cl)c(Br)cc2C(CC(=O)C2CCCCCC2)=N1. The molecule has 130 valence electrons. The van der Waals surface area contributed by atoms with Crippen LogP contribution < -0.4 is 0 Å². The third-order valence-electron chi connectivity index (χ3n) is 5.17. The van der Waals surface area contributed by atoms with Gasteiger partial charge in [0.15, 0.2) is 0 Å². The Morgan fingerprint density at radius 3 is 2.58 bits per heavy atom. The topological polar surface area (TPSA) is 29.4 Å². The lowest BCUT2D eigenvalue weighted by molar-refractivity contribution is -0.122. The Kier molecular flexibility index (Phi) is 5.51. The Labute approximate surface area is 158 Å². The number of carbonyl (C=O) groups excluding carboxylic acids is 1. The fourth-order valence-electron chi connectivity index (χ4n) is 3.98. The second kappa shape index (κ2) is 7.29. The molecule has 0 bridgehead atoms. The third-order valence-corrected chi connectivity index (χ3v) is 6.37. The van der Waals surface area contributed by atoms with E-state index in [-0.39, 0.29) is 11.5 Å². The van der Waals surface area contributed by atoms with Crippen molar-refractivity contribution in [3.63, 3.8) is 0 Å². The number of aliphatic imine (C=N–C) groups is 1. The van der Waals surface area contributed by atoms with Gasteiger partial charge < -0.3 is 0 Å². The van der Waals surface area contributed by atoms with E-state index in [1.165, 1.54) is 31.2 Å². The number of hydrogen-bond donors (Lipinski definition) is 0. The molecule has 1 aliphatic heterocycles. The molecule has 0 unspecified atom stereocenters. The molecule has 0 spiro atoms. The molecule has 1 saturated carbocycles. The molecule has 0 N–H and O–H groups in total. The minimum Gasteiger partial charge on any atom is -0.299 e. The zero-order valence-electron chi connectivity index (χ0n) is 14.5. The summed E-state index contributed by atoms with van der Waals surface area (Å²) in [6.07, 6.45) is 8.32. The van der Waals surface area contributed by atoms with E-state index in [1.807, 2.05) is 12.1 Å². The van der Waals surface area contributed by atoms with Crippen LogP contribution in [-0.2, 0) is 11.2 Å². The summed E-state index contributed by atoms with van der Waals surface area (Å²) < 4.78 is 0.872. The molecule has 1 aliphatic carbocycles. The molecule has 1 heterocycles. The average Bonchev–Trinajstić information content (AvgIpc) is 2.77. The van der Waals surface area contributed by atoms with Crippen molar-refractivity contribution in [1.29, 1.82) is 0 Å². The minimum atomic E-state index is -0.177. The molecule has 1 aromatic carbocycles. The fraction of sp³-hybridized carbons (Fsp3) is 0.600. The van der Waals surface area contributed by atoms with Crippen molar-refractivity contribution in [2.75, 3.05) is 0 Å². The van der Waals surface area contributed by atoms with Gasteiger partial charge in [0.2, 0.25) is 0 Å². The van der Waals surface area contributed by atoms with Gasteiger partial charge in [-0.15, -0.1) is 0 Å². The van der Waals surface area contributed by atoms with E-state index in [0.29, 0.717) is 12.2 Å². The number of Topliss-reactive ketones (excluding diaryl/α,β-unsaturated/α-hetero) is 1. The standard InChI is InChI=1S/C20H25BrClNO/c1-20(2)12-14-9-17(22)16(21)10-15(14)18(23-20)11-19(24)13-7-5-3-4-6-8-13/h9-10,13H,3-8,11-12H2,1-2H3. The molecule has 0 amide bonds. The lowest BCUT2D eigenvalue weighted by Gasteiger charge is -2.30.